The summed E-state index contributed by atoms with van der Waals surface area (Å²) < 4.78 is 1.93. The fourth-order valence-corrected chi connectivity index (χ4v) is 3.45. The molecule has 0 atom stereocenters. The van der Waals surface area contributed by atoms with Crippen LogP contribution in [-0.4, -0.2) is 50.7 Å². The minimum Gasteiger partial charge on any atom is -0.368 e. The lowest BCUT2D eigenvalue weighted by Gasteiger charge is -2.37. The van der Waals surface area contributed by atoms with Crippen LogP contribution in [0.4, 0.5) is 17.2 Å². The van der Waals surface area contributed by atoms with Crippen LogP contribution >= 0.6 is 0 Å². The van der Waals surface area contributed by atoms with Crippen LogP contribution in [0, 0.1) is 10.1 Å². The quantitative estimate of drug-likeness (QED) is 0.505. The number of benzene rings is 1. The molecule has 0 spiro atoms. The largest absolute Gasteiger partial charge is 0.368 e. The summed E-state index contributed by atoms with van der Waals surface area (Å²) in [7, 11) is 0. The lowest BCUT2D eigenvalue weighted by Crippen LogP contribution is -2.47. The first kappa shape index (κ1) is 17.2. The maximum Gasteiger partial charge on any atom is 0.269 e. The molecule has 1 fully saturated rings. The first-order valence-corrected chi connectivity index (χ1v) is 9.09. The van der Waals surface area contributed by atoms with Crippen molar-refractivity contribution in [3.8, 4) is 0 Å². The van der Waals surface area contributed by atoms with E-state index in [0.29, 0.717) is 5.78 Å². The smallest absolute Gasteiger partial charge is 0.269 e. The average molecular weight is 367 g/mol. The lowest BCUT2D eigenvalue weighted by atomic mass is 10.2. The van der Waals surface area contributed by atoms with E-state index in [-0.39, 0.29) is 10.6 Å². The highest BCUT2D eigenvalue weighted by atomic mass is 16.6. The Morgan fingerprint density at radius 3 is 2.48 bits per heavy atom. The van der Waals surface area contributed by atoms with E-state index in [4.69, 9.17) is 0 Å². The summed E-state index contributed by atoms with van der Waals surface area (Å²) in [5, 5.41) is 18.9. The number of nitrogens with zero attached hydrogens (tertiary/aromatic N) is 7. The van der Waals surface area contributed by atoms with Crippen LogP contribution in [-0.2, 0) is 6.42 Å². The number of non-ortho nitro benzene ring substituents is 1. The van der Waals surface area contributed by atoms with Crippen molar-refractivity contribution in [3.05, 3.63) is 52.5 Å². The summed E-state index contributed by atoms with van der Waals surface area (Å²) in [6, 6.07) is 8.88. The molecular weight excluding hydrogens is 346 g/mol. The number of hydrogen-bond donors (Lipinski definition) is 0. The lowest BCUT2D eigenvalue weighted by molar-refractivity contribution is -0.384. The molecule has 0 unspecified atom stereocenters. The Morgan fingerprint density at radius 2 is 1.81 bits per heavy atom. The highest BCUT2D eigenvalue weighted by Gasteiger charge is 2.21. The van der Waals surface area contributed by atoms with Crippen molar-refractivity contribution < 1.29 is 4.92 Å². The van der Waals surface area contributed by atoms with Crippen molar-refractivity contribution in [2.75, 3.05) is 36.0 Å². The van der Waals surface area contributed by atoms with Crippen LogP contribution in [0.5, 0.6) is 0 Å². The second-order valence-corrected chi connectivity index (χ2v) is 6.60. The Balaban J connectivity index is 1.51. The Hall–Kier alpha value is -3.23. The van der Waals surface area contributed by atoms with Crippen molar-refractivity contribution in [3.63, 3.8) is 0 Å². The Kier molecular flexibility index (Phi) is 4.57. The van der Waals surface area contributed by atoms with Gasteiger partial charge in [-0.2, -0.15) is 0 Å². The first-order valence-electron chi connectivity index (χ1n) is 9.09. The van der Waals surface area contributed by atoms with Crippen LogP contribution in [0.1, 0.15) is 19.0 Å². The third kappa shape index (κ3) is 3.40. The predicted octanol–water partition coefficient (Wildman–Crippen LogP) is 2.31. The monoisotopic (exact) mass is 367 g/mol. The van der Waals surface area contributed by atoms with E-state index in [1.807, 2.05) is 16.5 Å². The minimum atomic E-state index is -0.372. The number of aromatic nitrogens is 4. The van der Waals surface area contributed by atoms with E-state index in [0.717, 1.165) is 56.2 Å². The molecule has 9 heteroatoms. The van der Waals surface area contributed by atoms with Crippen LogP contribution < -0.4 is 9.80 Å². The number of piperazine rings is 1. The average Bonchev–Trinajstić information content (AvgIpc) is 3.16. The molecule has 0 amide bonds. The summed E-state index contributed by atoms with van der Waals surface area (Å²) in [5.41, 5.74) is 2.16. The van der Waals surface area contributed by atoms with E-state index < -0.39 is 0 Å². The van der Waals surface area contributed by atoms with Crippen molar-refractivity contribution in [2.24, 2.45) is 0 Å². The van der Waals surface area contributed by atoms with E-state index in [1.54, 1.807) is 18.5 Å². The molecule has 0 saturated carbocycles. The summed E-state index contributed by atoms with van der Waals surface area (Å²) in [4.78, 5) is 19.6. The van der Waals surface area contributed by atoms with Crippen LogP contribution in [0.15, 0.2) is 36.7 Å². The van der Waals surface area contributed by atoms with E-state index in [1.165, 1.54) is 0 Å². The molecule has 9 nitrogen and oxygen atoms in total. The van der Waals surface area contributed by atoms with Crippen molar-refractivity contribution >= 4 is 23.0 Å². The number of fused-ring (bicyclic) bond motifs is 1. The molecule has 2 aromatic heterocycles. The molecule has 3 heterocycles. The number of aryl methyl sites for hydroxylation is 1. The van der Waals surface area contributed by atoms with Gasteiger partial charge in [0, 0.05) is 55.8 Å². The third-order valence-electron chi connectivity index (χ3n) is 4.85. The SMILES string of the molecule is CCCc1cc(N2CCN(c3ccc([N+](=O)[O-])cc3)CC2)n2cnnc2n1. The third-order valence-corrected chi connectivity index (χ3v) is 4.85. The molecule has 1 aliphatic rings. The van der Waals surface area contributed by atoms with Gasteiger partial charge < -0.3 is 9.80 Å². The Morgan fingerprint density at radius 1 is 1.11 bits per heavy atom. The standard InChI is InChI=1S/C18H21N7O2/c1-2-3-14-12-17(24-13-19-21-18(24)20-14)23-10-8-22(9-11-23)15-4-6-16(7-5-15)25(26)27/h4-7,12-13H,2-3,8-11H2,1H3. The molecule has 0 N–H and O–H groups in total. The van der Waals surface area contributed by atoms with E-state index >= 15 is 0 Å². The fraction of sp³-hybridized carbons (Fsp3) is 0.389. The maximum atomic E-state index is 10.8. The van der Waals surface area contributed by atoms with Gasteiger partial charge in [-0.25, -0.2) is 4.98 Å². The zero-order chi connectivity index (χ0) is 18.8. The number of nitro groups is 1. The summed E-state index contributed by atoms with van der Waals surface area (Å²) in [5.74, 6) is 1.70. The van der Waals surface area contributed by atoms with Gasteiger partial charge in [-0.3, -0.25) is 14.5 Å². The second kappa shape index (κ2) is 7.18. The number of rotatable bonds is 5. The summed E-state index contributed by atoms with van der Waals surface area (Å²) >= 11 is 0. The van der Waals surface area contributed by atoms with E-state index in [2.05, 4.69) is 38.0 Å². The number of nitro benzene ring substituents is 1. The van der Waals surface area contributed by atoms with Gasteiger partial charge in [-0.1, -0.05) is 13.3 Å². The topological polar surface area (TPSA) is 92.7 Å². The number of anilines is 2. The summed E-state index contributed by atoms with van der Waals surface area (Å²) in [6.45, 7) is 5.51. The molecule has 0 radical (unpaired) electrons. The van der Waals surface area contributed by atoms with Crippen molar-refractivity contribution in [1.82, 2.24) is 19.6 Å². The zero-order valence-corrected chi connectivity index (χ0v) is 15.2. The second-order valence-electron chi connectivity index (χ2n) is 6.60. The van der Waals surface area contributed by atoms with Gasteiger partial charge in [0.2, 0.25) is 0 Å². The molecule has 0 aliphatic carbocycles. The molecule has 1 aliphatic heterocycles. The van der Waals surface area contributed by atoms with Crippen LogP contribution in [0.25, 0.3) is 5.78 Å². The molecule has 0 bridgehead atoms. The van der Waals surface area contributed by atoms with Crippen molar-refractivity contribution in [1.29, 1.82) is 0 Å². The molecule has 27 heavy (non-hydrogen) atoms. The molecular formula is C18H21N7O2. The highest BCUT2D eigenvalue weighted by Crippen LogP contribution is 2.23. The fourth-order valence-electron chi connectivity index (χ4n) is 3.45. The van der Waals surface area contributed by atoms with Gasteiger partial charge in [0.25, 0.3) is 11.5 Å². The Bertz CT molecular complexity index is 946. The normalized spacial score (nSPS) is 14.7. The van der Waals surface area contributed by atoms with Gasteiger partial charge in [-0.05, 0) is 18.6 Å². The first-order chi connectivity index (χ1) is 13.2. The van der Waals surface area contributed by atoms with Crippen molar-refractivity contribution in [2.45, 2.75) is 19.8 Å². The predicted molar refractivity (Wildman–Crippen MR) is 102 cm³/mol. The molecule has 1 aromatic carbocycles. The van der Waals surface area contributed by atoms with Gasteiger partial charge in [-0.15, -0.1) is 10.2 Å². The number of hydrogen-bond acceptors (Lipinski definition) is 7. The molecule has 4 rings (SSSR count). The van der Waals surface area contributed by atoms with Crippen LogP contribution in [0.3, 0.4) is 0 Å². The van der Waals surface area contributed by atoms with Crippen LogP contribution in [0.2, 0.25) is 0 Å². The Labute approximate surface area is 156 Å². The molecule has 3 aromatic rings. The maximum absolute atomic E-state index is 10.8. The molecule has 140 valence electrons. The minimum absolute atomic E-state index is 0.118. The van der Waals surface area contributed by atoms with E-state index in [9.17, 15) is 10.1 Å². The highest BCUT2D eigenvalue weighted by molar-refractivity contribution is 5.54. The van der Waals surface area contributed by atoms with Gasteiger partial charge in [0.15, 0.2) is 0 Å². The van der Waals surface area contributed by atoms with Gasteiger partial charge >= 0.3 is 0 Å². The van der Waals surface area contributed by atoms with Gasteiger partial charge in [0.05, 0.1) is 4.92 Å². The molecule has 1 saturated heterocycles. The zero-order valence-electron chi connectivity index (χ0n) is 15.2. The van der Waals surface area contributed by atoms with Gasteiger partial charge in [0.1, 0.15) is 12.1 Å². The summed E-state index contributed by atoms with van der Waals surface area (Å²) in [6.07, 6.45) is 3.65.